The number of benzene rings is 1. The van der Waals surface area contributed by atoms with E-state index in [0.29, 0.717) is 22.9 Å². The number of amides is 2. The molecule has 0 bridgehead atoms. The number of ether oxygens (including phenoxy) is 1. The zero-order valence-corrected chi connectivity index (χ0v) is 18.9. The standard InChI is InChI=1S/C19H18Cl3N3O4S/c1-30-8-6-15(25-18(27)12-5-4-11(20)9-13(12)21)19(28)29-10-16(26)24-14-3-2-7-23-17(14)22/h2-5,7,9,15H,6,8,10H2,1H3,(H,24,26)(H,25,27). The number of pyridine rings is 1. The number of nitrogens with zero attached hydrogens (tertiary/aromatic N) is 1. The first-order chi connectivity index (χ1) is 14.3. The molecule has 0 aliphatic carbocycles. The molecule has 7 nitrogen and oxygen atoms in total. The van der Waals surface area contributed by atoms with Crippen molar-refractivity contribution < 1.29 is 19.1 Å². The van der Waals surface area contributed by atoms with Crippen LogP contribution in [-0.4, -0.2) is 47.4 Å². The highest BCUT2D eigenvalue weighted by Crippen LogP contribution is 2.21. The first-order valence-corrected chi connectivity index (χ1v) is 11.2. The lowest BCUT2D eigenvalue weighted by Gasteiger charge is -2.18. The average Bonchev–Trinajstić information content (AvgIpc) is 2.70. The third kappa shape index (κ3) is 7.36. The number of rotatable bonds is 9. The molecule has 0 saturated carbocycles. The largest absolute Gasteiger partial charge is 0.454 e. The maximum atomic E-state index is 12.5. The Balaban J connectivity index is 1.97. The molecule has 0 aliphatic rings. The molecule has 11 heteroatoms. The van der Waals surface area contributed by atoms with Crippen LogP contribution in [0.25, 0.3) is 0 Å². The predicted molar refractivity (Wildman–Crippen MR) is 120 cm³/mol. The summed E-state index contributed by atoms with van der Waals surface area (Å²) in [5.74, 6) is -1.29. The van der Waals surface area contributed by atoms with Crippen molar-refractivity contribution in [2.75, 3.05) is 23.9 Å². The number of thioether (sulfide) groups is 1. The number of carbonyl (C=O) groups is 3. The SMILES string of the molecule is CSCCC(NC(=O)c1ccc(Cl)cc1Cl)C(=O)OCC(=O)Nc1cccnc1Cl. The van der Waals surface area contributed by atoms with Crippen LogP contribution in [0.2, 0.25) is 15.2 Å². The molecule has 30 heavy (non-hydrogen) atoms. The summed E-state index contributed by atoms with van der Waals surface area (Å²) in [7, 11) is 0. The van der Waals surface area contributed by atoms with Crippen molar-refractivity contribution in [3.8, 4) is 0 Å². The van der Waals surface area contributed by atoms with E-state index in [2.05, 4.69) is 15.6 Å². The molecule has 2 N–H and O–H groups in total. The van der Waals surface area contributed by atoms with E-state index in [9.17, 15) is 14.4 Å². The van der Waals surface area contributed by atoms with E-state index >= 15 is 0 Å². The minimum Gasteiger partial charge on any atom is -0.454 e. The first-order valence-electron chi connectivity index (χ1n) is 8.63. The summed E-state index contributed by atoms with van der Waals surface area (Å²) in [5.41, 5.74) is 0.469. The molecule has 0 aliphatic heterocycles. The highest BCUT2D eigenvalue weighted by molar-refractivity contribution is 7.98. The molecule has 160 valence electrons. The lowest BCUT2D eigenvalue weighted by atomic mass is 10.1. The molecule has 0 fully saturated rings. The van der Waals surface area contributed by atoms with Crippen LogP contribution in [0.1, 0.15) is 16.8 Å². The number of esters is 1. The number of hydrogen-bond acceptors (Lipinski definition) is 6. The van der Waals surface area contributed by atoms with Crippen LogP contribution in [-0.2, 0) is 14.3 Å². The van der Waals surface area contributed by atoms with Crippen LogP contribution in [0.4, 0.5) is 5.69 Å². The van der Waals surface area contributed by atoms with Gasteiger partial charge in [-0.3, -0.25) is 9.59 Å². The Labute approximate surface area is 192 Å². The van der Waals surface area contributed by atoms with Gasteiger partial charge < -0.3 is 15.4 Å². The highest BCUT2D eigenvalue weighted by Gasteiger charge is 2.24. The molecule has 2 rings (SSSR count). The second-order valence-corrected chi connectivity index (χ2v) is 8.12. The Hall–Kier alpha value is -2.00. The molecule has 0 saturated heterocycles. The number of carbonyl (C=O) groups excluding carboxylic acids is 3. The maximum absolute atomic E-state index is 12.5. The first kappa shape index (κ1) is 24.3. The van der Waals surface area contributed by atoms with Crippen molar-refractivity contribution in [2.45, 2.75) is 12.5 Å². The van der Waals surface area contributed by atoms with Crippen LogP contribution in [0.3, 0.4) is 0 Å². The lowest BCUT2D eigenvalue weighted by molar-refractivity contribution is -0.149. The Bertz CT molecular complexity index is 930. The highest BCUT2D eigenvalue weighted by atomic mass is 35.5. The van der Waals surface area contributed by atoms with Crippen LogP contribution < -0.4 is 10.6 Å². The summed E-state index contributed by atoms with van der Waals surface area (Å²) in [5, 5.41) is 5.74. The minimum atomic E-state index is -0.952. The number of halogens is 3. The van der Waals surface area contributed by atoms with E-state index < -0.39 is 30.4 Å². The molecule has 1 unspecified atom stereocenters. The van der Waals surface area contributed by atoms with E-state index in [1.807, 2.05) is 6.26 Å². The van der Waals surface area contributed by atoms with Crippen molar-refractivity contribution in [3.63, 3.8) is 0 Å². The van der Waals surface area contributed by atoms with Gasteiger partial charge in [-0.2, -0.15) is 11.8 Å². The van der Waals surface area contributed by atoms with Gasteiger partial charge in [0.05, 0.1) is 16.3 Å². The molecule has 2 amide bonds. The normalized spacial score (nSPS) is 11.5. The Morgan fingerprint density at radius 1 is 1.20 bits per heavy atom. The van der Waals surface area contributed by atoms with Gasteiger partial charge in [-0.05, 0) is 48.8 Å². The van der Waals surface area contributed by atoms with Gasteiger partial charge in [0, 0.05) is 11.2 Å². The zero-order valence-electron chi connectivity index (χ0n) is 15.8. The van der Waals surface area contributed by atoms with Gasteiger partial charge in [-0.15, -0.1) is 0 Å². The van der Waals surface area contributed by atoms with Crippen molar-refractivity contribution in [3.05, 3.63) is 57.3 Å². The fraction of sp³-hybridized carbons (Fsp3) is 0.263. The fourth-order valence-electron chi connectivity index (χ4n) is 2.30. The van der Waals surface area contributed by atoms with Crippen LogP contribution >= 0.6 is 46.6 Å². The van der Waals surface area contributed by atoms with Crippen LogP contribution in [0.5, 0.6) is 0 Å². The summed E-state index contributed by atoms with van der Waals surface area (Å²) in [6.07, 6.45) is 3.66. The molecule has 1 heterocycles. The fourth-order valence-corrected chi connectivity index (χ4v) is 3.43. The molecule has 1 aromatic heterocycles. The van der Waals surface area contributed by atoms with Crippen molar-refractivity contribution >= 4 is 70.0 Å². The number of aromatic nitrogens is 1. The van der Waals surface area contributed by atoms with Crippen LogP contribution in [0, 0.1) is 0 Å². The minimum absolute atomic E-state index is 0.113. The molecule has 2 aromatic rings. The molecule has 1 atom stereocenters. The molecule has 0 radical (unpaired) electrons. The maximum Gasteiger partial charge on any atom is 0.329 e. The van der Waals surface area contributed by atoms with Crippen LogP contribution in [0.15, 0.2) is 36.5 Å². The summed E-state index contributed by atoms with van der Waals surface area (Å²) in [4.78, 5) is 40.8. The third-order valence-electron chi connectivity index (χ3n) is 3.75. The predicted octanol–water partition coefficient (Wildman–Crippen LogP) is 4.08. The van der Waals surface area contributed by atoms with Gasteiger partial charge in [-0.1, -0.05) is 34.8 Å². The van der Waals surface area contributed by atoms with Crippen molar-refractivity contribution in [2.24, 2.45) is 0 Å². The van der Waals surface area contributed by atoms with Gasteiger partial charge >= 0.3 is 5.97 Å². The van der Waals surface area contributed by atoms with E-state index in [4.69, 9.17) is 39.5 Å². The molecule has 0 spiro atoms. The monoisotopic (exact) mass is 489 g/mol. The molecule has 1 aromatic carbocycles. The topological polar surface area (TPSA) is 97.4 Å². The van der Waals surface area contributed by atoms with E-state index in [1.165, 1.54) is 36.2 Å². The second kappa shape index (κ2) is 12.0. The Kier molecular flexibility index (Phi) is 9.71. The smallest absolute Gasteiger partial charge is 0.329 e. The summed E-state index contributed by atoms with van der Waals surface area (Å²) in [6, 6.07) is 6.62. The second-order valence-electron chi connectivity index (χ2n) is 5.93. The van der Waals surface area contributed by atoms with Crippen molar-refractivity contribution in [1.29, 1.82) is 0 Å². The summed E-state index contributed by atoms with van der Waals surface area (Å²) in [6.45, 7) is -0.544. The zero-order chi connectivity index (χ0) is 22.1. The number of anilines is 1. The third-order valence-corrected chi connectivity index (χ3v) is 5.25. The molecular weight excluding hydrogens is 473 g/mol. The van der Waals surface area contributed by atoms with E-state index in [0.717, 1.165) is 0 Å². The summed E-state index contributed by atoms with van der Waals surface area (Å²) < 4.78 is 5.07. The Morgan fingerprint density at radius 2 is 1.97 bits per heavy atom. The van der Waals surface area contributed by atoms with Gasteiger partial charge in [0.25, 0.3) is 11.8 Å². The number of nitrogens with one attached hydrogen (secondary N) is 2. The summed E-state index contributed by atoms with van der Waals surface area (Å²) >= 11 is 19.3. The average molecular weight is 491 g/mol. The van der Waals surface area contributed by atoms with Gasteiger partial charge in [0.15, 0.2) is 11.8 Å². The Morgan fingerprint density at radius 3 is 2.63 bits per heavy atom. The quantitative estimate of drug-likeness (QED) is 0.406. The number of hydrogen-bond donors (Lipinski definition) is 2. The van der Waals surface area contributed by atoms with Gasteiger partial charge in [-0.25, -0.2) is 9.78 Å². The lowest BCUT2D eigenvalue weighted by Crippen LogP contribution is -2.43. The van der Waals surface area contributed by atoms with Crippen molar-refractivity contribution in [1.82, 2.24) is 10.3 Å². The molecular formula is C19H18Cl3N3O4S. The van der Waals surface area contributed by atoms with E-state index in [-0.39, 0.29) is 15.7 Å². The van der Waals surface area contributed by atoms with E-state index in [1.54, 1.807) is 12.1 Å². The van der Waals surface area contributed by atoms with Gasteiger partial charge in [0.1, 0.15) is 6.04 Å². The van der Waals surface area contributed by atoms with Gasteiger partial charge in [0.2, 0.25) is 0 Å².